The number of anilines is 1. The lowest BCUT2D eigenvalue weighted by Crippen LogP contribution is -2.31. The van der Waals surface area contributed by atoms with Crippen molar-refractivity contribution in [1.82, 2.24) is 0 Å². The maximum absolute atomic E-state index is 13.5. The molecule has 1 aromatic heterocycles. The van der Waals surface area contributed by atoms with Crippen LogP contribution in [0.2, 0.25) is 0 Å². The van der Waals surface area contributed by atoms with Crippen LogP contribution < -0.4 is 9.04 Å². The summed E-state index contributed by atoms with van der Waals surface area (Å²) in [5.41, 5.74) is 0.0311. The Kier molecular flexibility index (Phi) is 6.62. The van der Waals surface area contributed by atoms with Gasteiger partial charge in [0.2, 0.25) is 0 Å². The summed E-state index contributed by atoms with van der Waals surface area (Å²) in [6.45, 7) is -0.326. The molecule has 0 fully saturated rings. The highest BCUT2D eigenvalue weighted by molar-refractivity contribution is 9.10. The largest absolute Gasteiger partial charge is 0.497 e. The van der Waals surface area contributed by atoms with Crippen molar-refractivity contribution >= 4 is 54.6 Å². The van der Waals surface area contributed by atoms with E-state index < -0.39 is 20.9 Å². The number of thiophene rings is 1. The summed E-state index contributed by atoms with van der Waals surface area (Å²) in [5, 5.41) is 22.3. The molecule has 0 aliphatic rings. The molecule has 0 aliphatic heterocycles. The second-order valence-electron chi connectivity index (χ2n) is 6.13. The molecular formula is C19H15BrN2O7S2. The van der Waals surface area contributed by atoms with E-state index in [1.165, 1.54) is 61.0 Å². The Morgan fingerprint density at radius 3 is 2.48 bits per heavy atom. The minimum atomic E-state index is -4.22. The third-order valence-corrected chi connectivity index (χ3v) is 7.90. The highest BCUT2D eigenvalue weighted by Gasteiger charge is 2.31. The van der Waals surface area contributed by atoms with E-state index in [2.05, 4.69) is 15.9 Å². The molecule has 1 heterocycles. The zero-order chi connectivity index (χ0) is 22.8. The van der Waals surface area contributed by atoms with Crippen molar-refractivity contribution in [2.24, 2.45) is 0 Å². The molecule has 1 N–H and O–H groups in total. The van der Waals surface area contributed by atoms with Gasteiger partial charge in [0.25, 0.3) is 15.7 Å². The topological polar surface area (TPSA) is 127 Å². The molecule has 3 rings (SSSR count). The number of sulfonamides is 1. The average molecular weight is 527 g/mol. The van der Waals surface area contributed by atoms with Crippen LogP contribution in [-0.2, 0) is 16.6 Å². The summed E-state index contributed by atoms with van der Waals surface area (Å²) in [5.74, 6) is -0.827. The number of carboxylic acid groups (broad SMARTS) is 1. The SMILES string of the molecule is COc1ccc(S(=O)(=O)N(Cc2cccc([N+](=O)[O-])c2Br)c2ccsc2C(=O)O)cc1. The van der Waals surface area contributed by atoms with E-state index in [1.807, 2.05) is 0 Å². The predicted octanol–water partition coefficient (Wildman–Crippen LogP) is 4.52. The third kappa shape index (κ3) is 4.55. The fourth-order valence-electron chi connectivity index (χ4n) is 2.82. The molecule has 0 spiro atoms. The Morgan fingerprint density at radius 2 is 1.90 bits per heavy atom. The second kappa shape index (κ2) is 9.04. The number of carboxylic acids is 1. The first-order valence-electron chi connectivity index (χ1n) is 8.56. The molecule has 0 saturated heterocycles. The van der Waals surface area contributed by atoms with E-state index in [0.29, 0.717) is 11.3 Å². The number of aromatic carboxylic acids is 1. The van der Waals surface area contributed by atoms with Gasteiger partial charge in [-0.25, -0.2) is 13.2 Å². The van der Waals surface area contributed by atoms with Crippen molar-refractivity contribution in [3.05, 3.63) is 78.9 Å². The highest BCUT2D eigenvalue weighted by Crippen LogP contribution is 2.36. The Bertz CT molecular complexity index is 1240. The number of nitro groups is 1. The van der Waals surface area contributed by atoms with E-state index in [1.54, 1.807) is 0 Å². The zero-order valence-electron chi connectivity index (χ0n) is 15.9. The van der Waals surface area contributed by atoms with Crippen molar-refractivity contribution in [1.29, 1.82) is 0 Å². The van der Waals surface area contributed by atoms with Gasteiger partial charge in [-0.15, -0.1) is 11.3 Å². The molecule has 0 saturated carbocycles. The summed E-state index contributed by atoms with van der Waals surface area (Å²) < 4.78 is 33.1. The molecule has 162 valence electrons. The van der Waals surface area contributed by atoms with Gasteiger partial charge < -0.3 is 9.84 Å². The summed E-state index contributed by atoms with van der Waals surface area (Å²) in [6, 6.07) is 11.3. The molecule has 0 aliphatic carbocycles. The number of rotatable bonds is 8. The van der Waals surface area contributed by atoms with Gasteiger partial charge in [0, 0.05) is 6.07 Å². The minimum Gasteiger partial charge on any atom is -0.497 e. The van der Waals surface area contributed by atoms with Gasteiger partial charge in [-0.2, -0.15) is 0 Å². The molecule has 3 aromatic rings. The zero-order valence-corrected chi connectivity index (χ0v) is 19.1. The molecule has 9 nitrogen and oxygen atoms in total. The monoisotopic (exact) mass is 526 g/mol. The van der Waals surface area contributed by atoms with Gasteiger partial charge >= 0.3 is 5.97 Å². The van der Waals surface area contributed by atoms with Crippen LogP contribution in [0.3, 0.4) is 0 Å². The number of nitrogens with zero attached hydrogens (tertiary/aromatic N) is 2. The van der Waals surface area contributed by atoms with E-state index in [0.717, 1.165) is 15.6 Å². The van der Waals surface area contributed by atoms with Crippen LogP contribution in [-0.4, -0.2) is 31.5 Å². The van der Waals surface area contributed by atoms with E-state index in [9.17, 15) is 28.4 Å². The Hall–Kier alpha value is -2.96. The van der Waals surface area contributed by atoms with Crippen molar-refractivity contribution in [3.8, 4) is 5.75 Å². The van der Waals surface area contributed by atoms with E-state index >= 15 is 0 Å². The van der Waals surface area contributed by atoms with Gasteiger partial charge in [0.05, 0.1) is 29.2 Å². The van der Waals surface area contributed by atoms with E-state index in [4.69, 9.17) is 4.74 Å². The van der Waals surface area contributed by atoms with Crippen LogP contribution >= 0.6 is 27.3 Å². The lowest BCUT2D eigenvalue weighted by molar-refractivity contribution is -0.385. The van der Waals surface area contributed by atoms with Gasteiger partial charge in [0.15, 0.2) is 0 Å². The standard InChI is InChI=1S/C19H15BrN2O7S2/c1-29-13-5-7-14(8-6-13)31(27,28)21(16-9-10-30-18(16)19(23)24)11-12-3-2-4-15(17(12)20)22(25)26/h2-10H,11H2,1H3,(H,23,24). The first-order chi connectivity index (χ1) is 14.7. The lowest BCUT2D eigenvalue weighted by Gasteiger charge is -2.25. The quantitative estimate of drug-likeness (QED) is 0.337. The summed E-state index contributed by atoms with van der Waals surface area (Å²) >= 11 is 4.05. The fraction of sp³-hybridized carbons (Fsp3) is 0.105. The molecule has 0 amide bonds. The van der Waals surface area contributed by atoms with Crippen LogP contribution in [0.5, 0.6) is 5.75 Å². The molecule has 2 aromatic carbocycles. The summed E-state index contributed by atoms with van der Waals surface area (Å²) in [6.07, 6.45) is 0. The minimum absolute atomic E-state index is 0.0354. The summed E-state index contributed by atoms with van der Waals surface area (Å²) in [4.78, 5) is 22.1. The number of ether oxygens (including phenoxy) is 1. The van der Waals surface area contributed by atoms with Gasteiger partial charge in [0.1, 0.15) is 15.1 Å². The predicted molar refractivity (Wildman–Crippen MR) is 118 cm³/mol. The summed E-state index contributed by atoms with van der Waals surface area (Å²) in [7, 11) is -2.78. The number of benzene rings is 2. The van der Waals surface area contributed by atoms with Crippen molar-refractivity contribution in [2.75, 3.05) is 11.4 Å². The highest BCUT2D eigenvalue weighted by atomic mass is 79.9. The number of hydrogen-bond acceptors (Lipinski definition) is 7. The molecule has 0 bridgehead atoms. The van der Waals surface area contributed by atoms with Crippen LogP contribution in [0.25, 0.3) is 0 Å². The fourth-order valence-corrected chi connectivity index (χ4v) is 5.60. The maximum Gasteiger partial charge on any atom is 0.348 e. The number of carbonyl (C=O) groups is 1. The van der Waals surface area contributed by atoms with Crippen LogP contribution in [0.1, 0.15) is 15.2 Å². The van der Waals surface area contributed by atoms with Crippen molar-refractivity contribution in [3.63, 3.8) is 0 Å². The van der Waals surface area contributed by atoms with Crippen LogP contribution in [0.15, 0.2) is 63.3 Å². The average Bonchev–Trinajstić information content (AvgIpc) is 3.22. The second-order valence-corrected chi connectivity index (χ2v) is 9.71. The first kappa shape index (κ1) is 22.7. The number of nitro benzene ring substituents is 1. The number of methoxy groups -OCH3 is 1. The molecule has 12 heteroatoms. The molecule has 0 radical (unpaired) electrons. The van der Waals surface area contributed by atoms with Gasteiger partial charge in [-0.3, -0.25) is 14.4 Å². The Morgan fingerprint density at radius 1 is 1.23 bits per heavy atom. The molecule has 0 atom stereocenters. The van der Waals surface area contributed by atoms with Crippen molar-refractivity contribution in [2.45, 2.75) is 11.4 Å². The molecule has 0 unspecified atom stereocenters. The van der Waals surface area contributed by atoms with E-state index in [-0.39, 0.29) is 32.2 Å². The normalized spacial score (nSPS) is 11.2. The van der Waals surface area contributed by atoms with Gasteiger partial charge in [-0.1, -0.05) is 12.1 Å². The Labute approximate surface area is 189 Å². The van der Waals surface area contributed by atoms with Gasteiger partial charge in [-0.05, 0) is 57.2 Å². The number of halogens is 1. The lowest BCUT2D eigenvalue weighted by atomic mass is 10.2. The molecule has 31 heavy (non-hydrogen) atoms. The molecular weight excluding hydrogens is 512 g/mol. The maximum atomic E-state index is 13.5. The van der Waals surface area contributed by atoms with Crippen molar-refractivity contribution < 1.29 is 28.0 Å². The first-order valence-corrected chi connectivity index (χ1v) is 11.7. The van der Waals surface area contributed by atoms with Crippen LogP contribution in [0, 0.1) is 10.1 Å². The number of hydrogen-bond donors (Lipinski definition) is 1. The Balaban J connectivity index is 2.16. The van der Waals surface area contributed by atoms with Crippen LogP contribution in [0.4, 0.5) is 11.4 Å². The smallest absolute Gasteiger partial charge is 0.348 e. The third-order valence-electron chi connectivity index (χ3n) is 4.32.